The Hall–Kier alpha value is -3.22. The molecule has 0 atom stereocenters. The molecule has 12 heteroatoms. The minimum Gasteiger partial charge on any atom is -0.497 e. The zero-order valence-corrected chi connectivity index (χ0v) is 17.7. The number of benzene rings is 1. The van der Waals surface area contributed by atoms with E-state index in [0.717, 1.165) is 27.3 Å². The Bertz CT molecular complexity index is 1150. The zero-order chi connectivity index (χ0) is 21.9. The van der Waals surface area contributed by atoms with Crippen molar-refractivity contribution in [1.29, 1.82) is 0 Å². The van der Waals surface area contributed by atoms with Crippen LogP contribution in [0.3, 0.4) is 0 Å². The van der Waals surface area contributed by atoms with Crippen molar-refractivity contribution in [2.45, 2.75) is 10.8 Å². The summed E-state index contributed by atoms with van der Waals surface area (Å²) >= 11 is 0.745. The van der Waals surface area contributed by atoms with Gasteiger partial charge < -0.3 is 15.8 Å². The van der Waals surface area contributed by atoms with Crippen molar-refractivity contribution < 1.29 is 22.7 Å². The van der Waals surface area contributed by atoms with Crippen LogP contribution >= 0.6 is 11.3 Å². The van der Waals surface area contributed by atoms with Gasteiger partial charge in [-0.05, 0) is 29.8 Å². The summed E-state index contributed by atoms with van der Waals surface area (Å²) in [5.41, 5.74) is 6.10. The number of carbonyl (C=O) groups is 2. The quantitative estimate of drug-likeness (QED) is 0.476. The molecule has 30 heavy (non-hydrogen) atoms. The van der Waals surface area contributed by atoms with Crippen LogP contribution in [0.15, 0.2) is 46.8 Å². The predicted molar refractivity (Wildman–Crippen MR) is 111 cm³/mol. The Morgan fingerprint density at radius 1 is 1.27 bits per heavy atom. The number of primary amides is 1. The van der Waals surface area contributed by atoms with Gasteiger partial charge in [0.2, 0.25) is 0 Å². The first kappa shape index (κ1) is 21.5. The molecule has 0 saturated carbocycles. The summed E-state index contributed by atoms with van der Waals surface area (Å²) in [7, 11) is -0.973. The van der Waals surface area contributed by atoms with Crippen LogP contribution in [0.2, 0.25) is 0 Å². The standard InChI is InChI=1S/C18H19N5O5S2/c1-23(10-11-3-5-12(28-2)6-4-11)30(26,27)15-9-13(16(19)24)18(29-15)21-17(25)14-7-8-20-22-14/h3-9H,10H2,1-2H3,(H2,19,24)(H,20,22)(H,21,25). The number of hydrogen-bond donors (Lipinski definition) is 3. The van der Waals surface area contributed by atoms with E-state index >= 15 is 0 Å². The second-order valence-electron chi connectivity index (χ2n) is 6.20. The van der Waals surface area contributed by atoms with Gasteiger partial charge in [0.1, 0.15) is 20.7 Å². The first-order chi connectivity index (χ1) is 14.2. The second kappa shape index (κ2) is 8.65. The lowest BCUT2D eigenvalue weighted by atomic mass is 10.2. The first-order valence-electron chi connectivity index (χ1n) is 8.56. The molecule has 4 N–H and O–H groups in total. The zero-order valence-electron chi connectivity index (χ0n) is 16.1. The first-order valence-corrected chi connectivity index (χ1v) is 10.8. The lowest BCUT2D eigenvalue weighted by Crippen LogP contribution is -2.25. The maximum Gasteiger partial charge on any atom is 0.276 e. The number of methoxy groups -OCH3 is 1. The van der Waals surface area contributed by atoms with Gasteiger partial charge in [0, 0.05) is 19.8 Å². The molecular formula is C18H19N5O5S2. The molecule has 0 fully saturated rings. The van der Waals surface area contributed by atoms with E-state index in [1.165, 1.54) is 19.3 Å². The minimum atomic E-state index is -3.94. The van der Waals surface area contributed by atoms with Crippen LogP contribution in [-0.4, -0.2) is 48.9 Å². The molecule has 10 nitrogen and oxygen atoms in total. The number of H-pyrrole nitrogens is 1. The molecule has 2 heterocycles. The van der Waals surface area contributed by atoms with E-state index in [1.54, 1.807) is 31.4 Å². The largest absolute Gasteiger partial charge is 0.497 e. The Kier molecular flexibility index (Phi) is 6.20. The maximum atomic E-state index is 13.0. The Morgan fingerprint density at radius 2 is 1.97 bits per heavy atom. The summed E-state index contributed by atoms with van der Waals surface area (Å²) in [5, 5.41) is 8.77. The number of anilines is 1. The van der Waals surface area contributed by atoms with Crippen molar-refractivity contribution in [3.05, 3.63) is 59.4 Å². The van der Waals surface area contributed by atoms with E-state index in [0.29, 0.717) is 5.75 Å². The fourth-order valence-corrected chi connectivity index (χ4v) is 5.29. The van der Waals surface area contributed by atoms with Gasteiger partial charge in [0.25, 0.3) is 21.8 Å². The van der Waals surface area contributed by atoms with Crippen molar-refractivity contribution >= 4 is 38.2 Å². The number of hydrogen-bond acceptors (Lipinski definition) is 7. The normalized spacial score (nSPS) is 11.4. The molecule has 158 valence electrons. The smallest absolute Gasteiger partial charge is 0.276 e. The summed E-state index contributed by atoms with van der Waals surface area (Å²) in [6, 6.07) is 9.57. The molecule has 0 spiro atoms. The molecule has 0 radical (unpaired) electrons. The Labute approximate surface area is 176 Å². The number of thiophene rings is 1. The van der Waals surface area contributed by atoms with Gasteiger partial charge >= 0.3 is 0 Å². The number of carbonyl (C=O) groups excluding carboxylic acids is 2. The van der Waals surface area contributed by atoms with Gasteiger partial charge in [-0.15, -0.1) is 11.3 Å². The van der Waals surface area contributed by atoms with Crippen molar-refractivity contribution in [2.75, 3.05) is 19.5 Å². The van der Waals surface area contributed by atoms with E-state index in [1.807, 2.05) is 0 Å². The number of rotatable bonds is 8. The van der Waals surface area contributed by atoms with Gasteiger partial charge in [-0.1, -0.05) is 12.1 Å². The highest BCUT2D eigenvalue weighted by Crippen LogP contribution is 2.33. The van der Waals surface area contributed by atoms with Gasteiger partial charge in [0.15, 0.2) is 0 Å². The highest BCUT2D eigenvalue weighted by molar-refractivity contribution is 7.91. The van der Waals surface area contributed by atoms with Gasteiger partial charge in [-0.2, -0.15) is 9.40 Å². The van der Waals surface area contributed by atoms with Crippen molar-refractivity contribution in [1.82, 2.24) is 14.5 Å². The van der Waals surface area contributed by atoms with E-state index in [9.17, 15) is 18.0 Å². The lowest BCUT2D eigenvalue weighted by molar-refractivity contribution is 0.100. The molecular weight excluding hydrogens is 430 g/mol. The number of nitrogens with zero attached hydrogens (tertiary/aromatic N) is 2. The summed E-state index contributed by atoms with van der Waals surface area (Å²) < 4.78 is 32.1. The lowest BCUT2D eigenvalue weighted by Gasteiger charge is -2.16. The van der Waals surface area contributed by atoms with Crippen molar-refractivity contribution in [3.63, 3.8) is 0 Å². The molecule has 2 amide bonds. The fourth-order valence-electron chi connectivity index (χ4n) is 2.55. The molecule has 0 aliphatic heterocycles. The molecule has 0 bridgehead atoms. The van der Waals surface area contributed by atoms with E-state index in [-0.39, 0.29) is 27.0 Å². The van der Waals surface area contributed by atoms with Crippen LogP contribution < -0.4 is 15.8 Å². The summed E-state index contributed by atoms with van der Waals surface area (Å²) in [6.07, 6.45) is 1.46. The molecule has 3 aromatic rings. The van der Waals surface area contributed by atoms with Gasteiger partial charge in [-0.3, -0.25) is 14.7 Å². The number of nitrogens with one attached hydrogen (secondary N) is 2. The molecule has 0 aliphatic rings. The Balaban J connectivity index is 1.85. The fraction of sp³-hybridized carbons (Fsp3) is 0.167. The second-order valence-corrected chi connectivity index (χ2v) is 9.52. The number of aromatic amines is 1. The monoisotopic (exact) mass is 449 g/mol. The van der Waals surface area contributed by atoms with Crippen LogP contribution in [0.25, 0.3) is 0 Å². The molecule has 0 saturated heterocycles. The summed E-state index contributed by atoms with van der Waals surface area (Å²) in [4.78, 5) is 24.0. The highest BCUT2D eigenvalue weighted by Gasteiger charge is 2.27. The average molecular weight is 450 g/mol. The van der Waals surface area contributed by atoms with Crippen LogP contribution in [0, 0.1) is 0 Å². The molecule has 3 rings (SSSR count). The third-order valence-electron chi connectivity index (χ3n) is 4.16. The third-order valence-corrected chi connectivity index (χ3v) is 7.47. The van der Waals surface area contributed by atoms with Crippen LogP contribution in [-0.2, 0) is 16.6 Å². The third kappa shape index (κ3) is 4.50. The Morgan fingerprint density at radius 3 is 2.53 bits per heavy atom. The molecule has 0 unspecified atom stereocenters. The number of nitrogens with two attached hydrogens (primary N) is 1. The van der Waals surface area contributed by atoms with Crippen LogP contribution in [0.4, 0.5) is 5.00 Å². The molecule has 1 aromatic carbocycles. The number of amides is 2. The van der Waals surface area contributed by atoms with E-state index in [2.05, 4.69) is 15.5 Å². The average Bonchev–Trinajstić information content (AvgIpc) is 3.39. The van der Waals surface area contributed by atoms with Crippen molar-refractivity contribution in [3.8, 4) is 5.75 Å². The van der Waals surface area contributed by atoms with Crippen molar-refractivity contribution in [2.24, 2.45) is 5.73 Å². The molecule has 0 aliphatic carbocycles. The summed E-state index contributed by atoms with van der Waals surface area (Å²) in [5.74, 6) is -0.801. The van der Waals surface area contributed by atoms with E-state index < -0.39 is 21.8 Å². The molecule has 2 aromatic heterocycles. The maximum absolute atomic E-state index is 13.0. The topological polar surface area (TPSA) is 147 Å². The predicted octanol–water partition coefficient (Wildman–Crippen LogP) is 1.65. The summed E-state index contributed by atoms with van der Waals surface area (Å²) in [6.45, 7) is 0.102. The van der Waals surface area contributed by atoms with Gasteiger partial charge in [-0.25, -0.2) is 8.42 Å². The number of sulfonamides is 1. The minimum absolute atomic E-state index is 0.0342. The van der Waals surface area contributed by atoms with Crippen LogP contribution in [0.1, 0.15) is 26.4 Å². The SMILES string of the molecule is COc1ccc(CN(C)S(=O)(=O)c2cc(C(N)=O)c(NC(=O)c3cc[nH]n3)s2)cc1. The van der Waals surface area contributed by atoms with E-state index in [4.69, 9.17) is 10.5 Å². The van der Waals surface area contributed by atoms with Gasteiger partial charge in [0.05, 0.1) is 12.7 Å². The van der Waals surface area contributed by atoms with Crippen LogP contribution in [0.5, 0.6) is 5.75 Å². The highest BCUT2D eigenvalue weighted by atomic mass is 32.2. The number of aromatic nitrogens is 2. The number of ether oxygens (including phenoxy) is 1.